The fraction of sp³-hybridized carbons (Fsp3) is 1.00. The SMILES string of the molecule is C1COC2(O1)C1C3C4C5C3C2C5C41. The van der Waals surface area contributed by atoms with Gasteiger partial charge in [-0.1, -0.05) is 0 Å². The van der Waals surface area contributed by atoms with Crippen LogP contribution in [0.15, 0.2) is 0 Å². The van der Waals surface area contributed by atoms with E-state index >= 15 is 0 Å². The fourth-order valence-corrected chi connectivity index (χ4v) is 6.54. The molecule has 2 nitrogen and oxygen atoms in total. The second-order valence-corrected chi connectivity index (χ2v) is 5.93. The molecule has 0 aromatic rings. The molecule has 1 aliphatic heterocycles. The van der Waals surface area contributed by atoms with Gasteiger partial charge in [-0.3, -0.25) is 0 Å². The molecule has 0 N–H and O–H groups in total. The van der Waals surface area contributed by atoms with Crippen LogP contribution in [0.2, 0.25) is 0 Å². The van der Waals surface area contributed by atoms with E-state index < -0.39 is 0 Å². The Hall–Kier alpha value is -0.0800. The summed E-state index contributed by atoms with van der Waals surface area (Å²) in [5, 5.41) is 0. The lowest BCUT2D eigenvalue weighted by Gasteiger charge is -2.83. The Morgan fingerprint density at radius 3 is 1.62 bits per heavy atom. The van der Waals surface area contributed by atoms with Gasteiger partial charge in [0.2, 0.25) is 0 Å². The fourth-order valence-electron chi connectivity index (χ4n) is 6.54. The normalized spacial score (nSPS) is 81.2. The van der Waals surface area contributed by atoms with E-state index in [4.69, 9.17) is 9.47 Å². The van der Waals surface area contributed by atoms with Crippen molar-refractivity contribution in [1.29, 1.82) is 0 Å². The maximum Gasteiger partial charge on any atom is 0.175 e. The van der Waals surface area contributed by atoms with Gasteiger partial charge in [-0.05, 0) is 35.5 Å². The third-order valence-electron chi connectivity index (χ3n) is 6.44. The van der Waals surface area contributed by atoms with Gasteiger partial charge in [0, 0.05) is 11.8 Å². The number of ether oxygens (including phenoxy) is 2. The summed E-state index contributed by atoms with van der Waals surface area (Å²) in [6.07, 6.45) is 0. The Morgan fingerprint density at radius 1 is 0.692 bits per heavy atom. The van der Waals surface area contributed by atoms with Crippen LogP contribution < -0.4 is 0 Å². The van der Waals surface area contributed by atoms with Gasteiger partial charge in [-0.2, -0.15) is 0 Å². The Labute approximate surface area is 76.6 Å². The Kier molecular flexibility index (Phi) is 0.543. The zero-order valence-corrected chi connectivity index (χ0v) is 7.35. The number of hydrogen-bond donors (Lipinski definition) is 0. The lowest BCUT2D eigenvalue weighted by Crippen LogP contribution is -2.81. The van der Waals surface area contributed by atoms with Crippen molar-refractivity contribution in [3.8, 4) is 0 Å². The van der Waals surface area contributed by atoms with Crippen LogP contribution in [-0.4, -0.2) is 19.0 Å². The summed E-state index contributed by atoms with van der Waals surface area (Å²) in [6.45, 7) is 1.72. The molecule has 6 aliphatic carbocycles. The first kappa shape index (κ1) is 5.72. The van der Waals surface area contributed by atoms with E-state index in [1.807, 2.05) is 0 Å². The number of rotatable bonds is 0. The molecule has 4 unspecified atom stereocenters. The van der Waals surface area contributed by atoms with Gasteiger partial charge < -0.3 is 9.47 Å². The molecule has 0 aromatic heterocycles. The second-order valence-electron chi connectivity index (χ2n) is 5.93. The highest BCUT2D eigenvalue weighted by molar-refractivity contribution is 5.42. The van der Waals surface area contributed by atoms with Gasteiger partial charge in [-0.15, -0.1) is 0 Å². The molecule has 68 valence electrons. The van der Waals surface area contributed by atoms with Crippen LogP contribution in [0.3, 0.4) is 0 Å². The van der Waals surface area contributed by atoms with Crippen LogP contribution in [0.4, 0.5) is 0 Å². The average Bonchev–Trinajstić information content (AvgIpc) is 2.61. The summed E-state index contributed by atoms with van der Waals surface area (Å²) < 4.78 is 12.0. The molecule has 13 heavy (non-hydrogen) atoms. The molecular formula is C11H12O2. The average molecular weight is 176 g/mol. The van der Waals surface area contributed by atoms with Gasteiger partial charge >= 0.3 is 0 Å². The third-order valence-corrected chi connectivity index (χ3v) is 6.44. The van der Waals surface area contributed by atoms with Gasteiger partial charge in [0.1, 0.15) is 0 Å². The van der Waals surface area contributed by atoms with Crippen LogP contribution in [0.5, 0.6) is 0 Å². The lowest BCUT2D eigenvalue weighted by molar-refractivity contribution is -0.379. The van der Waals surface area contributed by atoms with Gasteiger partial charge in [0.25, 0.3) is 0 Å². The minimum Gasteiger partial charge on any atom is -0.347 e. The lowest BCUT2D eigenvalue weighted by atomic mass is 9.20. The molecule has 1 saturated heterocycles. The van der Waals surface area contributed by atoms with Crippen molar-refractivity contribution in [2.75, 3.05) is 13.2 Å². The Balaban J connectivity index is 1.64. The predicted molar refractivity (Wildman–Crippen MR) is 42.6 cm³/mol. The van der Waals surface area contributed by atoms with Gasteiger partial charge in [-0.25, -0.2) is 0 Å². The highest BCUT2D eigenvalue weighted by atomic mass is 16.7. The zero-order valence-electron chi connectivity index (χ0n) is 7.35. The van der Waals surface area contributed by atoms with Crippen molar-refractivity contribution in [3.05, 3.63) is 0 Å². The van der Waals surface area contributed by atoms with E-state index in [2.05, 4.69) is 0 Å². The van der Waals surface area contributed by atoms with Crippen molar-refractivity contribution in [2.45, 2.75) is 5.79 Å². The second kappa shape index (κ2) is 1.24. The molecule has 1 heterocycles. The summed E-state index contributed by atoms with van der Waals surface area (Å²) >= 11 is 0. The van der Waals surface area contributed by atoms with Crippen LogP contribution in [0, 0.1) is 47.3 Å². The first-order chi connectivity index (χ1) is 6.45. The van der Waals surface area contributed by atoms with Crippen molar-refractivity contribution in [2.24, 2.45) is 47.3 Å². The van der Waals surface area contributed by atoms with E-state index in [1.165, 1.54) is 0 Å². The molecule has 0 aromatic carbocycles. The maximum atomic E-state index is 5.98. The first-order valence-corrected chi connectivity index (χ1v) is 5.73. The predicted octanol–water partition coefficient (Wildman–Crippen LogP) is 0.727. The minimum absolute atomic E-state index is 0.0197. The maximum absolute atomic E-state index is 5.98. The molecular weight excluding hydrogens is 164 g/mol. The summed E-state index contributed by atoms with van der Waals surface area (Å²) in [5.74, 6) is 8.23. The topological polar surface area (TPSA) is 18.5 Å². The molecule has 7 aliphatic rings. The van der Waals surface area contributed by atoms with E-state index in [0.717, 1.165) is 60.6 Å². The van der Waals surface area contributed by atoms with E-state index in [9.17, 15) is 0 Å². The Morgan fingerprint density at radius 2 is 1.15 bits per heavy atom. The minimum atomic E-state index is -0.0197. The van der Waals surface area contributed by atoms with Crippen molar-refractivity contribution in [1.82, 2.24) is 0 Å². The van der Waals surface area contributed by atoms with Crippen LogP contribution in [0.1, 0.15) is 0 Å². The van der Waals surface area contributed by atoms with Crippen molar-refractivity contribution in [3.63, 3.8) is 0 Å². The van der Waals surface area contributed by atoms with Crippen molar-refractivity contribution >= 4 is 0 Å². The van der Waals surface area contributed by atoms with Gasteiger partial charge in [0.05, 0.1) is 13.2 Å². The summed E-state index contributed by atoms with van der Waals surface area (Å²) in [7, 11) is 0. The monoisotopic (exact) mass is 176 g/mol. The molecule has 6 saturated carbocycles. The van der Waals surface area contributed by atoms with Gasteiger partial charge in [0.15, 0.2) is 5.79 Å². The summed E-state index contributed by atoms with van der Waals surface area (Å²) in [4.78, 5) is 0. The Bertz CT molecular complexity index is 298. The molecule has 1 spiro atoms. The molecule has 2 heteroatoms. The molecule has 4 atom stereocenters. The largest absolute Gasteiger partial charge is 0.347 e. The van der Waals surface area contributed by atoms with E-state index in [0.29, 0.717) is 0 Å². The number of hydrogen-bond acceptors (Lipinski definition) is 2. The van der Waals surface area contributed by atoms with Crippen LogP contribution >= 0.6 is 0 Å². The third kappa shape index (κ3) is 0.278. The van der Waals surface area contributed by atoms with E-state index in [-0.39, 0.29) is 5.79 Å². The summed E-state index contributed by atoms with van der Waals surface area (Å²) in [5.41, 5.74) is 0. The smallest absolute Gasteiger partial charge is 0.175 e. The highest BCUT2D eigenvalue weighted by Crippen LogP contribution is 2.97. The quantitative estimate of drug-likeness (QED) is 0.541. The van der Waals surface area contributed by atoms with Crippen LogP contribution in [-0.2, 0) is 9.47 Å². The zero-order chi connectivity index (χ0) is 7.95. The van der Waals surface area contributed by atoms with Crippen molar-refractivity contribution < 1.29 is 9.47 Å². The molecule has 2 bridgehead atoms. The van der Waals surface area contributed by atoms with E-state index in [1.54, 1.807) is 0 Å². The first-order valence-electron chi connectivity index (χ1n) is 5.73. The molecule has 7 fully saturated rings. The highest BCUT2D eigenvalue weighted by Gasteiger charge is 2.98. The molecule has 0 amide bonds. The molecule has 7 rings (SSSR count). The standard InChI is InChI=1S/C11H12O2/c1-2-13-11(12-1)9-5-3-4-7(5)10(11)8(4)6(3)9/h3-10H,1-2H2. The van der Waals surface area contributed by atoms with Crippen LogP contribution in [0.25, 0.3) is 0 Å². The summed E-state index contributed by atoms with van der Waals surface area (Å²) in [6, 6.07) is 0. The molecule has 0 radical (unpaired) electrons.